The Bertz CT molecular complexity index is 992. The summed E-state index contributed by atoms with van der Waals surface area (Å²) in [7, 11) is 0. The molecule has 2 aromatic rings. The molecule has 0 aliphatic heterocycles. The summed E-state index contributed by atoms with van der Waals surface area (Å²) in [6.07, 6.45) is 0.649. The fraction of sp³-hybridized carbons (Fsp3) is 0.393. The molecule has 2 rings (SSSR count). The Labute approximate surface area is 203 Å². The first-order valence-electron chi connectivity index (χ1n) is 11.8. The first-order chi connectivity index (χ1) is 16.0. The molecule has 34 heavy (non-hydrogen) atoms. The molecule has 6 heteroatoms. The van der Waals surface area contributed by atoms with Gasteiger partial charge in [0.2, 0.25) is 0 Å². The normalized spacial score (nSPS) is 13.3. The van der Waals surface area contributed by atoms with E-state index in [9.17, 15) is 13.2 Å². The van der Waals surface area contributed by atoms with Crippen molar-refractivity contribution in [2.45, 2.75) is 72.8 Å². The first-order valence-corrected chi connectivity index (χ1v) is 11.8. The van der Waals surface area contributed by atoms with E-state index in [0.717, 1.165) is 53.6 Å². The van der Waals surface area contributed by atoms with Crippen LogP contribution in [0.1, 0.15) is 70.6 Å². The molecule has 0 aliphatic carbocycles. The van der Waals surface area contributed by atoms with Crippen molar-refractivity contribution in [3.05, 3.63) is 77.9 Å². The molecule has 0 spiro atoms. The average molecular weight is 469 g/mol. The molecule has 0 aromatic heterocycles. The van der Waals surface area contributed by atoms with Gasteiger partial charge in [-0.2, -0.15) is 0 Å². The predicted molar refractivity (Wildman–Crippen MR) is 139 cm³/mol. The van der Waals surface area contributed by atoms with E-state index in [-0.39, 0.29) is 5.75 Å². The summed E-state index contributed by atoms with van der Waals surface area (Å²) in [5.74, 6) is -0.222. The molecule has 0 fully saturated rings. The first kappa shape index (κ1) is 27.5. The van der Waals surface area contributed by atoms with Crippen LogP contribution >= 0.6 is 0 Å². The summed E-state index contributed by atoms with van der Waals surface area (Å²) in [6, 6.07) is 14.8. The van der Waals surface area contributed by atoms with Crippen LogP contribution < -0.4 is 4.74 Å². The van der Waals surface area contributed by atoms with Crippen molar-refractivity contribution in [2.75, 3.05) is 0 Å². The number of nitrogens with zero attached hydrogens (tertiary/aromatic N) is 1. The van der Waals surface area contributed by atoms with Gasteiger partial charge >= 0.3 is 203 Å². The van der Waals surface area contributed by atoms with E-state index in [4.69, 9.17) is 0 Å². The molecular weight excluding hydrogens is 434 g/mol. The number of ether oxygens (including phenoxy) is 1. The molecule has 0 aliphatic rings. The van der Waals surface area contributed by atoms with Crippen molar-refractivity contribution in [1.29, 1.82) is 0 Å². The summed E-state index contributed by atoms with van der Waals surface area (Å²) in [5, 5.41) is 0. The molecule has 0 saturated carbocycles. The van der Waals surface area contributed by atoms with Gasteiger partial charge in [0.1, 0.15) is 0 Å². The average Bonchev–Trinajstić information content (AvgIpc) is 2.79. The molecule has 0 bridgehead atoms. The summed E-state index contributed by atoms with van der Waals surface area (Å²) < 4.78 is 41.4. The third-order valence-electron chi connectivity index (χ3n) is 5.86. The van der Waals surface area contributed by atoms with Crippen LogP contribution in [-0.4, -0.2) is 29.8 Å². The van der Waals surface area contributed by atoms with Crippen molar-refractivity contribution >= 4 is 23.6 Å². The molecule has 2 nitrogen and oxygen atoms in total. The Hall–Kier alpha value is -2.76. The van der Waals surface area contributed by atoms with Gasteiger partial charge in [-0.15, -0.1) is 0 Å². The topological polar surface area (TPSA) is 12.5 Å². The van der Waals surface area contributed by atoms with Gasteiger partial charge in [0.05, 0.1) is 0 Å². The Morgan fingerprint density at radius 2 is 1.65 bits per heavy atom. The minimum atomic E-state index is -4.70. The van der Waals surface area contributed by atoms with Crippen LogP contribution in [0.3, 0.4) is 0 Å². The summed E-state index contributed by atoms with van der Waals surface area (Å²) in [6.45, 7) is 17.4. The number of halogens is 3. The molecule has 1 unspecified atom stereocenters. The van der Waals surface area contributed by atoms with Crippen LogP contribution in [0.25, 0.3) is 11.0 Å². The van der Waals surface area contributed by atoms with Gasteiger partial charge in [0, 0.05) is 0 Å². The number of hydrogen-bond acceptors (Lipinski definition) is 2. The molecule has 0 saturated heterocycles. The van der Waals surface area contributed by atoms with Gasteiger partial charge in [0.25, 0.3) is 0 Å². The Balaban J connectivity index is 2.29. The molecule has 0 heterocycles. The van der Waals surface area contributed by atoms with E-state index in [1.807, 2.05) is 19.9 Å². The van der Waals surface area contributed by atoms with Crippen LogP contribution in [0.15, 0.2) is 61.2 Å². The zero-order valence-electron chi connectivity index (χ0n) is 20.9. The van der Waals surface area contributed by atoms with Gasteiger partial charge in [-0.25, -0.2) is 0 Å². The Morgan fingerprint density at radius 3 is 2.15 bits per heavy atom. The minimum absolute atomic E-state index is 0.222. The quantitative estimate of drug-likeness (QED) is 0.310. The second-order valence-corrected chi connectivity index (χ2v) is 8.70. The number of allylic oxidation sites excluding steroid dienone is 2. The zero-order valence-corrected chi connectivity index (χ0v) is 20.9. The van der Waals surface area contributed by atoms with Gasteiger partial charge in [-0.3, -0.25) is 0 Å². The molecule has 0 amide bonds. The summed E-state index contributed by atoms with van der Waals surface area (Å²) >= 11 is 0. The molecule has 2 aromatic carbocycles. The van der Waals surface area contributed by atoms with Crippen molar-refractivity contribution in [3.8, 4) is 5.75 Å². The third-order valence-corrected chi connectivity index (χ3v) is 5.86. The summed E-state index contributed by atoms with van der Waals surface area (Å²) in [4.78, 5) is 2.40. The fourth-order valence-electron chi connectivity index (χ4n) is 3.87. The van der Waals surface area contributed by atoms with Crippen LogP contribution in [0.2, 0.25) is 0 Å². The van der Waals surface area contributed by atoms with Crippen LogP contribution in [0, 0.1) is 0 Å². The van der Waals surface area contributed by atoms with E-state index in [1.54, 1.807) is 12.1 Å². The van der Waals surface area contributed by atoms with Crippen molar-refractivity contribution in [3.63, 3.8) is 0 Å². The molecule has 0 radical (unpaired) electrons. The van der Waals surface area contributed by atoms with Gasteiger partial charge in [-0.05, 0) is 0 Å². The number of benzene rings is 2. The summed E-state index contributed by atoms with van der Waals surface area (Å²) in [5.41, 5.74) is 6.29. The fourth-order valence-corrected chi connectivity index (χ4v) is 3.87. The van der Waals surface area contributed by atoms with E-state index in [1.165, 1.54) is 17.7 Å². The standard InChI is InChI=1S/C28H35BF3NO/c1-7-9-10-21(5)33(19-23-11-13-24(14-12-23)20(3)4)22(6)29-27(8-2)25-15-17-26(18-16-25)34-28(30,31)32/h8,11-18,21H,3,7,9-10,19H2,1-2,4-6H3/b27-8-. The van der Waals surface area contributed by atoms with Crippen molar-refractivity contribution < 1.29 is 17.9 Å². The number of rotatable bonds is 11. The van der Waals surface area contributed by atoms with E-state index < -0.39 is 6.36 Å². The molecular formula is C28H35BF3NO. The van der Waals surface area contributed by atoms with E-state index in [2.05, 4.69) is 68.2 Å². The van der Waals surface area contributed by atoms with Crippen LogP contribution in [0.5, 0.6) is 5.75 Å². The number of unbranched alkanes of at least 4 members (excludes halogenated alkanes) is 1. The SMILES string of the molecule is C=C(C)c1ccc(CN(C(C)=B/C(=C\C)c2ccc(OC(F)(F)F)cc2)C(C)CCCC)cc1. The Morgan fingerprint density at radius 1 is 1.06 bits per heavy atom. The molecule has 182 valence electrons. The monoisotopic (exact) mass is 469 g/mol. The van der Waals surface area contributed by atoms with Gasteiger partial charge in [0.15, 0.2) is 0 Å². The second-order valence-electron chi connectivity index (χ2n) is 8.70. The predicted octanol–water partition coefficient (Wildman–Crippen LogP) is 7.91. The molecule has 1 atom stereocenters. The second kappa shape index (κ2) is 12.6. The van der Waals surface area contributed by atoms with Crippen molar-refractivity contribution in [2.24, 2.45) is 0 Å². The Kier molecular flexibility index (Phi) is 10.2. The van der Waals surface area contributed by atoms with Crippen LogP contribution in [-0.2, 0) is 6.54 Å². The van der Waals surface area contributed by atoms with Gasteiger partial charge in [-0.1, -0.05) is 0 Å². The van der Waals surface area contributed by atoms with Gasteiger partial charge < -0.3 is 0 Å². The maximum atomic E-state index is 12.5. The van der Waals surface area contributed by atoms with E-state index >= 15 is 0 Å². The van der Waals surface area contributed by atoms with Crippen molar-refractivity contribution in [1.82, 2.24) is 4.90 Å². The zero-order chi connectivity index (χ0) is 25.3. The third kappa shape index (κ3) is 8.55. The number of hydrogen-bond donors (Lipinski definition) is 0. The number of alkyl halides is 3. The van der Waals surface area contributed by atoms with Crippen LogP contribution in [0.4, 0.5) is 13.2 Å². The molecule has 0 N–H and O–H groups in total. The maximum absolute atomic E-state index is 12.5. The van der Waals surface area contributed by atoms with E-state index in [0.29, 0.717) is 6.04 Å².